The number of alkyl halides is 3. The zero-order valence-corrected chi connectivity index (χ0v) is 20.3. The summed E-state index contributed by atoms with van der Waals surface area (Å²) in [7, 11) is 0.815. The number of aromatic nitrogens is 2. The lowest BCUT2D eigenvalue weighted by atomic mass is 10.0. The maximum Gasteiger partial charge on any atom is 0.431 e. The second kappa shape index (κ2) is 9.58. The Labute approximate surface area is 210 Å². The fraction of sp³-hybridized carbons (Fsp3) is 0.217. The van der Waals surface area contributed by atoms with Gasteiger partial charge >= 0.3 is 11.9 Å². The summed E-state index contributed by atoms with van der Waals surface area (Å²) in [4.78, 5) is 41.7. The van der Waals surface area contributed by atoms with E-state index in [9.17, 15) is 31.9 Å². The third-order valence-electron chi connectivity index (χ3n) is 5.53. The van der Waals surface area contributed by atoms with Crippen molar-refractivity contribution < 1.29 is 22.4 Å². The van der Waals surface area contributed by atoms with Gasteiger partial charge < -0.3 is 5.32 Å². The molecule has 1 aliphatic heterocycles. The molecule has 4 rings (SSSR count). The molecule has 0 saturated carbocycles. The van der Waals surface area contributed by atoms with E-state index in [1.807, 2.05) is 31.2 Å². The van der Waals surface area contributed by atoms with Crippen molar-refractivity contribution in [1.29, 1.82) is 0 Å². The molecule has 1 N–H and O–H groups in total. The van der Waals surface area contributed by atoms with E-state index in [4.69, 9.17) is 11.6 Å². The minimum atomic E-state index is -4.96. The predicted octanol–water partition coefficient (Wildman–Crippen LogP) is 4.12. The van der Waals surface area contributed by atoms with Crippen LogP contribution in [0.1, 0.15) is 16.8 Å². The highest BCUT2D eigenvalue weighted by Crippen LogP contribution is 2.33. The summed E-state index contributed by atoms with van der Waals surface area (Å²) >= 11 is 7.22. The van der Waals surface area contributed by atoms with Crippen molar-refractivity contribution in [3.63, 3.8) is 0 Å². The Balaban J connectivity index is 1.72. The highest BCUT2D eigenvalue weighted by Gasteiger charge is 2.35. The molecule has 3 aromatic rings. The van der Waals surface area contributed by atoms with Crippen LogP contribution in [0.2, 0.25) is 5.02 Å². The molecule has 1 fully saturated rings. The fourth-order valence-electron chi connectivity index (χ4n) is 3.64. The largest absolute Gasteiger partial charge is 0.431 e. The first kappa shape index (κ1) is 25.7. The minimum absolute atomic E-state index is 0.0961. The van der Waals surface area contributed by atoms with Gasteiger partial charge in [-0.3, -0.25) is 14.2 Å². The lowest BCUT2D eigenvalue weighted by molar-refractivity contribution is -0.144. The van der Waals surface area contributed by atoms with Crippen LogP contribution in [0.25, 0.3) is 5.69 Å². The summed E-state index contributed by atoms with van der Waals surface area (Å²) in [5, 5.41) is 2.08. The molecule has 188 valence electrons. The van der Waals surface area contributed by atoms with Crippen molar-refractivity contribution in [2.75, 3.05) is 0 Å². The zero-order chi connectivity index (χ0) is 26.4. The summed E-state index contributed by atoms with van der Waals surface area (Å²) < 4.78 is 54.6. The number of benzene rings is 2. The van der Waals surface area contributed by atoms with Crippen LogP contribution in [0.4, 0.5) is 23.2 Å². The third kappa shape index (κ3) is 4.96. The second-order valence-corrected chi connectivity index (χ2v) is 9.54. The summed E-state index contributed by atoms with van der Waals surface area (Å²) in [5.41, 5.74) is -3.00. The Morgan fingerprint density at radius 3 is 2.50 bits per heavy atom. The smallest absolute Gasteiger partial charge is 0.304 e. The van der Waals surface area contributed by atoms with Gasteiger partial charge in [-0.25, -0.2) is 18.7 Å². The Morgan fingerprint density at radius 1 is 1.14 bits per heavy atom. The standard InChI is InChI=1S/C23H17ClF4N4O3S/c1-11-5-3-4-6-12(11)7-17-20(34)30-21(36-17)29-15-9-16(14(25)8-13(15)24)32-19(33)10-18(23(26,27)28)31(2)22(32)35/h3-6,8-10,17H,7H2,1-2H3,(H,29,30,34). The highest BCUT2D eigenvalue weighted by atomic mass is 35.5. The van der Waals surface area contributed by atoms with E-state index >= 15 is 0 Å². The predicted molar refractivity (Wildman–Crippen MR) is 129 cm³/mol. The number of carbonyl (C=O) groups is 1. The molecule has 0 radical (unpaired) electrons. The van der Waals surface area contributed by atoms with Gasteiger partial charge in [-0.1, -0.05) is 47.6 Å². The van der Waals surface area contributed by atoms with E-state index in [1.165, 1.54) is 0 Å². The topological polar surface area (TPSA) is 85.5 Å². The van der Waals surface area contributed by atoms with Crippen LogP contribution >= 0.6 is 23.4 Å². The van der Waals surface area contributed by atoms with Crippen LogP contribution in [-0.2, 0) is 24.4 Å². The molecule has 2 heterocycles. The summed E-state index contributed by atoms with van der Waals surface area (Å²) in [5.74, 6) is -1.42. The number of aliphatic imine (C=N–C) groups is 1. The van der Waals surface area contributed by atoms with E-state index in [-0.39, 0.29) is 37.0 Å². The van der Waals surface area contributed by atoms with Gasteiger partial charge in [0, 0.05) is 13.1 Å². The molecule has 36 heavy (non-hydrogen) atoms. The van der Waals surface area contributed by atoms with Crippen LogP contribution in [0.5, 0.6) is 0 Å². The van der Waals surface area contributed by atoms with E-state index in [2.05, 4.69) is 10.3 Å². The van der Waals surface area contributed by atoms with Gasteiger partial charge in [-0.2, -0.15) is 13.2 Å². The van der Waals surface area contributed by atoms with Crippen molar-refractivity contribution in [1.82, 2.24) is 14.5 Å². The lowest BCUT2D eigenvalue weighted by Gasteiger charge is -2.14. The van der Waals surface area contributed by atoms with Crippen molar-refractivity contribution in [2.45, 2.75) is 24.8 Å². The van der Waals surface area contributed by atoms with E-state index in [1.54, 1.807) is 0 Å². The molecule has 2 aromatic carbocycles. The van der Waals surface area contributed by atoms with Crippen LogP contribution in [0, 0.1) is 12.7 Å². The molecule has 1 aromatic heterocycles. The fourth-order valence-corrected chi connectivity index (χ4v) is 4.85. The van der Waals surface area contributed by atoms with E-state index in [0.717, 1.165) is 42.1 Å². The molecule has 13 heteroatoms. The normalized spacial score (nSPS) is 17.0. The molecule has 1 unspecified atom stereocenters. The SMILES string of the molecule is Cc1ccccc1CC1SC(=Nc2cc(-n3c(=O)cc(C(F)(F)F)n(C)c3=O)c(F)cc2Cl)NC1=O. The Morgan fingerprint density at radius 2 is 1.83 bits per heavy atom. The molecule has 7 nitrogen and oxygen atoms in total. The van der Waals surface area contributed by atoms with E-state index in [0.29, 0.717) is 6.42 Å². The van der Waals surface area contributed by atoms with Gasteiger partial charge in [-0.15, -0.1) is 0 Å². The number of hydrogen-bond acceptors (Lipinski definition) is 5. The van der Waals surface area contributed by atoms with Crippen molar-refractivity contribution >= 4 is 40.1 Å². The van der Waals surface area contributed by atoms with Gasteiger partial charge in [-0.05, 0) is 36.6 Å². The van der Waals surface area contributed by atoms with Gasteiger partial charge in [0.05, 0.1) is 21.6 Å². The zero-order valence-electron chi connectivity index (χ0n) is 18.7. The maximum absolute atomic E-state index is 14.7. The van der Waals surface area contributed by atoms with Crippen LogP contribution in [0.3, 0.4) is 0 Å². The molecule has 0 aliphatic carbocycles. The number of nitrogens with one attached hydrogen (secondary N) is 1. The summed E-state index contributed by atoms with van der Waals surface area (Å²) in [6, 6.07) is 9.52. The Hall–Kier alpha value is -3.38. The number of rotatable bonds is 4. The monoisotopic (exact) mass is 540 g/mol. The maximum atomic E-state index is 14.7. The highest BCUT2D eigenvalue weighted by molar-refractivity contribution is 8.15. The first-order valence-corrected chi connectivity index (χ1v) is 11.6. The molecule has 1 amide bonds. The molecule has 0 spiro atoms. The summed E-state index contributed by atoms with van der Waals surface area (Å²) in [6.45, 7) is 1.93. The molecular weight excluding hydrogens is 524 g/mol. The number of amides is 1. The molecule has 0 bridgehead atoms. The van der Waals surface area contributed by atoms with Gasteiger partial charge in [0.1, 0.15) is 11.5 Å². The lowest BCUT2D eigenvalue weighted by Crippen LogP contribution is -2.41. The first-order chi connectivity index (χ1) is 16.9. The number of carbonyl (C=O) groups excluding carboxylic acids is 1. The molecule has 1 aliphatic rings. The number of hydrogen-bond donors (Lipinski definition) is 1. The van der Waals surface area contributed by atoms with Gasteiger partial charge in [0.2, 0.25) is 5.91 Å². The minimum Gasteiger partial charge on any atom is -0.304 e. The molecule has 1 atom stereocenters. The number of amidine groups is 1. The average Bonchev–Trinajstić information content (AvgIpc) is 3.13. The van der Waals surface area contributed by atoms with Crippen LogP contribution in [-0.4, -0.2) is 25.5 Å². The quantitative estimate of drug-likeness (QED) is 0.505. The Kier molecular flexibility index (Phi) is 6.84. The van der Waals surface area contributed by atoms with Gasteiger partial charge in [0.15, 0.2) is 5.17 Å². The number of nitrogens with zero attached hydrogens (tertiary/aromatic N) is 3. The average molecular weight is 541 g/mol. The molecule has 1 saturated heterocycles. The van der Waals surface area contributed by atoms with Crippen LogP contribution in [0.15, 0.2) is 57.0 Å². The molecular formula is C23H17ClF4N4O3S. The number of thioether (sulfide) groups is 1. The number of halogens is 5. The Bertz CT molecular complexity index is 1530. The van der Waals surface area contributed by atoms with Crippen molar-refractivity contribution in [3.05, 3.63) is 91.0 Å². The van der Waals surface area contributed by atoms with Crippen molar-refractivity contribution in [3.8, 4) is 5.69 Å². The van der Waals surface area contributed by atoms with Crippen molar-refractivity contribution in [2.24, 2.45) is 12.0 Å². The second-order valence-electron chi connectivity index (χ2n) is 7.94. The van der Waals surface area contributed by atoms with E-state index < -0.39 is 39.9 Å². The van der Waals surface area contributed by atoms with Crippen LogP contribution < -0.4 is 16.6 Å². The third-order valence-corrected chi connectivity index (χ3v) is 6.92. The van der Waals surface area contributed by atoms with Gasteiger partial charge in [0.25, 0.3) is 5.56 Å². The summed E-state index contributed by atoms with van der Waals surface area (Å²) in [6.07, 6.45) is -4.53. The number of aryl methyl sites for hydroxylation is 1. The first-order valence-electron chi connectivity index (χ1n) is 10.4.